The zero-order chi connectivity index (χ0) is 19.4. The van der Waals surface area contributed by atoms with Gasteiger partial charge in [-0.3, -0.25) is 10.1 Å². The van der Waals surface area contributed by atoms with Crippen molar-refractivity contribution >= 4 is 23.3 Å². The van der Waals surface area contributed by atoms with Crippen molar-refractivity contribution in [3.8, 4) is 17.2 Å². The maximum Gasteiger partial charge on any atom is 0.337 e. The first kappa shape index (κ1) is 18.3. The van der Waals surface area contributed by atoms with E-state index in [1.165, 1.54) is 19.2 Å². The smallest absolute Gasteiger partial charge is 0.337 e. The van der Waals surface area contributed by atoms with E-state index in [9.17, 15) is 14.9 Å². The molecule has 0 amide bonds. The van der Waals surface area contributed by atoms with Crippen LogP contribution in [0.3, 0.4) is 0 Å². The lowest BCUT2D eigenvalue weighted by Crippen LogP contribution is -2.05. The normalized spacial score (nSPS) is 10.4. The summed E-state index contributed by atoms with van der Waals surface area (Å²) in [4.78, 5) is 26.3. The van der Waals surface area contributed by atoms with Crippen molar-refractivity contribution in [2.45, 2.75) is 6.61 Å². The van der Waals surface area contributed by atoms with E-state index in [0.717, 1.165) is 6.07 Å². The zero-order valence-electron chi connectivity index (χ0n) is 13.9. The highest BCUT2D eigenvalue weighted by Crippen LogP contribution is 2.29. The Morgan fingerprint density at radius 1 is 1.26 bits per heavy atom. The predicted octanol–water partition coefficient (Wildman–Crippen LogP) is 3.66. The second kappa shape index (κ2) is 7.83. The highest BCUT2D eigenvalue weighted by Gasteiger charge is 2.19. The maximum atomic E-state index is 11.6. The lowest BCUT2D eigenvalue weighted by Gasteiger charge is -2.06. The Labute approximate surface area is 157 Å². The molecule has 0 unspecified atom stereocenters. The van der Waals surface area contributed by atoms with E-state index in [0.29, 0.717) is 10.6 Å². The molecule has 1 aromatic heterocycles. The molecule has 0 aliphatic rings. The molecule has 0 saturated carbocycles. The monoisotopic (exact) mass is 389 g/mol. The highest BCUT2D eigenvalue weighted by molar-refractivity contribution is 6.30. The number of rotatable bonds is 6. The highest BCUT2D eigenvalue weighted by atomic mass is 35.5. The molecule has 1 heterocycles. The van der Waals surface area contributed by atoms with Crippen molar-refractivity contribution in [1.82, 2.24) is 10.1 Å². The second-order valence-corrected chi connectivity index (χ2v) is 5.68. The first-order valence-corrected chi connectivity index (χ1v) is 7.94. The van der Waals surface area contributed by atoms with Gasteiger partial charge in [0.15, 0.2) is 12.4 Å². The van der Waals surface area contributed by atoms with Crippen LogP contribution in [0.5, 0.6) is 5.75 Å². The van der Waals surface area contributed by atoms with Gasteiger partial charge in [0.05, 0.1) is 17.6 Å². The molecule has 0 atom stereocenters. The molecule has 2 aromatic carbocycles. The van der Waals surface area contributed by atoms with Gasteiger partial charge < -0.3 is 14.0 Å². The number of methoxy groups -OCH3 is 1. The summed E-state index contributed by atoms with van der Waals surface area (Å²) in [5.41, 5.74) is 0.481. The number of esters is 1. The van der Waals surface area contributed by atoms with Crippen LogP contribution >= 0.6 is 11.6 Å². The first-order valence-electron chi connectivity index (χ1n) is 7.56. The van der Waals surface area contributed by atoms with Crippen LogP contribution in [0.4, 0.5) is 5.69 Å². The average Bonchev–Trinajstić information content (AvgIpc) is 3.15. The van der Waals surface area contributed by atoms with Gasteiger partial charge in [-0.1, -0.05) is 16.8 Å². The van der Waals surface area contributed by atoms with Crippen molar-refractivity contribution in [1.29, 1.82) is 0 Å². The van der Waals surface area contributed by atoms with Crippen LogP contribution in [0, 0.1) is 10.1 Å². The van der Waals surface area contributed by atoms with Gasteiger partial charge >= 0.3 is 11.7 Å². The number of nitro benzene ring substituents is 1. The Morgan fingerprint density at radius 2 is 2.00 bits per heavy atom. The number of nitrogens with zero attached hydrogens (tertiary/aromatic N) is 3. The minimum absolute atomic E-state index is 0.110. The number of aromatic nitrogens is 2. The summed E-state index contributed by atoms with van der Waals surface area (Å²) in [7, 11) is 1.21. The number of hydrogen-bond donors (Lipinski definition) is 0. The molecule has 3 rings (SSSR count). The number of halogens is 1. The van der Waals surface area contributed by atoms with Gasteiger partial charge in [-0.25, -0.2) is 4.79 Å². The summed E-state index contributed by atoms with van der Waals surface area (Å²) in [6, 6.07) is 10.5. The third-order valence-electron chi connectivity index (χ3n) is 3.49. The lowest BCUT2D eigenvalue weighted by atomic mass is 10.2. The maximum absolute atomic E-state index is 11.6. The molecule has 0 aliphatic heterocycles. The van der Waals surface area contributed by atoms with Gasteiger partial charge in [0.1, 0.15) is 0 Å². The summed E-state index contributed by atoms with van der Waals surface area (Å²) in [6.45, 7) is -0.192. The van der Waals surface area contributed by atoms with Gasteiger partial charge in [0.25, 0.3) is 5.89 Å². The fourth-order valence-corrected chi connectivity index (χ4v) is 2.32. The van der Waals surface area contributed by atoms with Crippen LogP contribution in [0.15, 0.2) is 47.0 Å². The van der Waals surface area contributed by atoms with E-state index >= 15 is 0 Å². The molecule has 0 saturated heterocycles. The third-order valence-corrected chi connectivity index (χ3v) is 3.75. The van der Waals surface area contributed by atoms with Crippen molar-refractivity contribution < 1.29 is 23.7 Å². The number of carbonyl (C=O) groups excluding carboxylic acids is 1. The zero-order valence-corrected chi connectivity index (χ0v) is 14.7. The van der Waals surface area contributed by atoms with E-state index in [2.05, 4.69) is 14.9 Å². The molecule has 0 fully saturated rings. The van der Waals surface area contributed by atoms with Crippen molar-refractivity contribution in [2.24, 2.45) is 0 Å². The number of hydrogen-bond acceptors (Lipinski definition) is 8. The molecule has 138 valence electrons. The predicted molar refractivity (Wildman–Crippen MR) is 93.5 cm³/mol. The number of benzene rings is 2. The van der Waals surface area contributed by atoms with Crippen molar-refractivity contribution in [3.63, 3.8) is 0 Å². The second-order valence-electron chi connectivity index (χ2n) is 5.24. The molecular weight excluding hydrogens is 378 g/mol. The van der Waals surface area contributed by atoms with Crippen LogP contribution < -0.4 is 4.74 Å². The summed E-state index contributed by atoms with van der Waals surface area (Å²) in [5, 5.41) is 15.5. The van der Waals surface area contributed by atoms with Gasteiger partial charge in [-0.05, 0) is 30.3 Å². The summed E-state index contributed by atoms with van der Waals surface area (Å²) >= 11 is 5.83. The summed E-state index contributed by atoms with van der Waals surface area (Å²) < 4.78 is 15.2. The Bertz CT molecular complexity index is 987. The van der Waals surface area contributed by atoms with E-state index in [-0.39, 0.29) is 35.3 Å². The van der Waals surface area contributed by atoms with E-state index in [1.807, 2.05) is 0 Å². The fraction of sp³-hybridized carbons (Fsp3) is 0.118. The Hall–Kier alpha value is -3.46. The van der Waals surface area contributed by atoms with Gasteiger partial charge in [-0.2, -0.15) is 4.98 Å². The molecule has 0 spiro atoms. The Kier molecular flexibility index (Phi) is 5.32. The number of nitro groups is 1. The molecule has 10 heteroatoms. The minimum Gasteiger partial charge on any atom is -0.478 e. The molecular formula is C17H12ClN3O6. The SMILES string of the molecule is COC(=O)c1ccc([N+](=O)[O-])c(OCc2noc(-c3ccc(Cl)cc3)n2)c1. The van der Waals surface area contributed by atoms with Gasteiger partial charge in [-0.15, -0.1) is 0 Å². The number of ether oxygens (including phenoxy) is 2. The first-order chi connectivity index (χ1) is 13.0. The van der Waals surface area contributed by atoms with E-state index < -0.39 is 10.9 Å². The molecule has 0 radical (unpaired) electrons. The van der Waals surface area contributed by atoms with Crippen LogP contribution in [0.2, 0.25) is 5.02 Å². The average molecular weight is 390 g/mol. The van der Waals surface area contributed by atoms with Crippen LogP contribution in [-0.2, 0) is 11.3 Å². The number of carbonyl (C=O) groups is 1. The van der Waals surface area contributed by atoms with Gasteiger partial charge in [0, 0.05) is 22.7 Å². The largest absolute Gasteiger partial charge is 0.478 e. The molecule has 27 heavy (non-hydrogen) atoms. The van der Waals surface area contributed by atoms with Gasteiger partial charge in [0.2, 0.25) is 5.82 Å². The lowest BCUT2D eigenvalue weighted by molar-refractivity contribution is -0.386. The topological polar surface area (TPSA) is 118 Å². The standard InChI is InChI=1S/C17H12ClN3O6/c1-25-17(22)11-4-7-13(21(23)24)14(8-11)26-9-15-19-16(27-20-15)10-2-5-12(18)6-3-10/h2-8H,9H2,1H3. The molecule has 9 nitrogen and oxygen atoms in total. The van der Waals surface area contributed by atoms with Crippen LogP contribution in [0.1, 0.15) is 16.2 Å². The summed E-state index contributed by atoms with van der Waals surface area (Å²) in [6.07, 6.45) is 0. The molecule has 3 aromatic rings. The minimum atomic E-state index is -0.640. The van der Waals surface area contributed by atoms with Crippen LogP contribution in [0.25, 0.3) is 11.5 Å². The fourth-order valence-electron chi connectivity index (χ4n) is 2.19. The molecule has 0 aliphatic carbocycles. The van der Waals surface area contributed by atoms with Crippen LogP contribution in [-0.4, -0.2) is 28.1 Å². The van der Waals surface area contributed by atoms with Crippen molar-refractivity contribution in [2.75, 3.05) is 7.11 Å². The van der Waals surface area contributed by atoms with E-state index in [4.69, 9.17) is 20.9 Å². The molecule has 0 N–H and O–H groups in total. The quantitative estimate of drug-likeness (QED) is 0.356. The Morgan fingerprint density at radius 3 is 2.67 bits per heavy atom. The third kappa shape index (κ3) is 4.21. The van der Waals surface area contributed by atoms with E-state index in [1.54, 1.807) is 24.3 Å². The summed E-state index contributed by atoms with van der Waals surface area (Å²) in [5.74, 6) is -0.319. The molecule has 0 bridgehead atoms. The Balaban J connectivity index is 1.79. The van der Waals surface area contributed by atoms with Crippen molar-refractivity contribution in [3.05, 3.63) is 69.0 Å².